The maximum atomic E-state index is 10.6. The van der Waals surface area contributed by atoms with Crippen molar-refractivity contribution in [2.24, 2.45) is 45.6 Å². The van der Waals surface area contributed by atoms with Crippen LogP contribution in [-0.2, 0) is 0 Å². The molecule has 0 aliphatic heterocycles. The van der Waals surface area contributed by atoms with Crippen molar-refractivity contribution in [1.29, 1.82) is 0 Å². The van der Waals surface area contributed by atoms with Gasteiger partial charge in [-0.2, -0.15) is 0 Å². The summed E-state index contributed by atoms with van der Waals surface area (Å²) in [5.74, 6) is 3.67. The Morgan fingerprint density at radius 1 is 0.875 bits per heavy atom. The maximum absolute atomic E-state index is 10.6. The third-order valence-corrected chi connectivity index (χ3v) is 9.27. The van der Waals surface area contributed by atoms with E-state index in [4.69, 9.17) is 5.21 Å². The molecule has 0 amide bonds. The van der Waals surface area contributed by atoms with Crippen molar-refractivity contribution in [3.05, 3.63) is 0 Å². The molecule has 0 aromatic heterocycles. The van der Waals surface area contributed by atoms with Crippen LogP contribution >= 0.6 is 0 Å². The molecule has 4 saturated carbocycles. The quantitative estimate of drug-likeness (QED) is 0.409. The van der Waals surface area contributed by atoms with Gasteiger partial charge in [-0.25, -0.2) is 0 Å². The summed E-state index contributed by atoms with van der Waals surface area (Å²) < 4.78 is 0. The Hall–Kier alpha value is -0.570. The number of hydrogen-bond acceptors (Lipinski definition) is 3. The van der Waals surface area contributed by atoms with Gasteiger partial charge in [0.15, 0.2) is 0 Å². The van der Waals surface area contributed by atoms with Crippen LogP contribution in [0.1, 0.15) is 78.6 Å². The van der Waals surface area contributed by atoms with Crippen LogP contribution in [-0.4, -0.2) is 22.1 Å². The van der Waals surface area contributed by atoms with Gasteiger partial charge in [-0.3, -0.25) is 0 Å². The Labute approximate surface area is 146 Å². The molecule has 0 aromatic rings. The first-order valence-electron chi connectivity index (χ1n) is 10.2. The zero-order chi connectivity index (χ0) is 17.2. The van der Waals surface area contributed by atoms with E-state index >= 15 is 0 Å². The predicted octanol–water partition coefficient (Wildman–Crippen LogP) is 4.86. The van der Waals surface area contributed by atoms with Crippen LogP contribution in [0.5, 0.6) is 0 Å². The van der Waals surface area contributed by atoms with Crippen LogP contribution in [0.25, 0.3) is 0 Å². The summed E-state index contributed by atoms with van der Waals surface area (Å²) in [5, 5.41) is 23.0. The summed E-state index contributed by atoms with van der Waals surface area (Å²) in [6, 6.07) is 0. The van der Waals surface area contributed by atoms with Crippen molar-refractivity contribution in [3.8, 4) is 0 Å². The average molecular weight is 334 g/mol. The topological polar surface area (TPSA) is 52.8 Å². The number of oxime groups is 1. The standard InChI is InChI=1S/C21H35NO2/c1-19(23)10-11-21(3)14(12-19)4-6-16-17-7-5-15(13-22-24)20(17,2)9-8-18(16)21/h13-18,23-24H,4-12H2,1-3H3/b22-13+. The highest BCUT2D eigenvalue weighted by atomic mass is 16.4. The van der Waals surface area contributed by atoms with E-state index in [-0.39, 0.29) is 0 Å². The van der Waals surface area contributed by atoms with Crippen LogP contribution in [0.15, 0.2) is 5.16 Å². The molecule has 4 aliphatic carbocycles. The Balaban J connectivity index is 1.60. The number of fused-ring (bicyclic) bond motifs is 5. The van der Waals surface area contributed by atoms with Gasteiger partial charge in [-0.1, -0.05) is 13.8 Å². The monoisotopic (exact) mass is 333 g/mol. The van der Waals surface area contributed by atoms with Crippen molar-refractivity contribution in [2.75, 3.05) is 0 Å². The maximum Gasteiger partial charge on any atom is 0.0622 e. The summed E-state index contributed by atoms with van der Waals surface area (Å²) in [6.07, 6.45) is 12.8. The Bertz CT molecular complexity index is 530. The van der Waals surface area contributed by atoms with E-state index in [1.807, 2.05) is 13.1 Å². The summed E-state index contributed by atoms with van der Waals surface area (Å²) in [5.41, 5.74) is 0.350. The second-order valence-electron chi connectivity index (χ2n) is 10.4. The van der Waals surface area contributed by atoms with Crippen molar-refractivity contribution in [3.63, 3.8) is 0 Å². The lowest BCUT2D eigenvalue weighted by Crippen LogP contribution is -2.55. The normalized spacial score (nSPS) is 57.4. The molecule has 24 heavy (non-hydrogen) atoms. The Morgan fingerprint density at radius 2 is 1.62 bits per heavy atom. The summed E-state index contributed by atoms with van der Waals surface area (Å²) in [4.78, 5) is 0. The van der Waals surface area contributed by atoms with Crippen LogP contribution in [0.4, 0.5) is 0 Å². The molecular weight excluding hydrogens is 298 g/mol. The minimum absolute atomic E-state index is 0.344. The van der Waals surface area contributed by atoms with E-state index in [1.165, 1.54) is 44.9 Å². The summed E-state index contributed by atoms with van der Waals surface area (Å²) in [6.45, 7) is 7.06. The third-order valence-electron chi connectivity index (χ3n) is 9.27. The molecule has 2 N–H and O–H groups in total. The molecule has 8 atom stereocenters. The minimum atomic E-state index is -0.434. The van der Waals surface area contributed by atoms with Crippen molar-refractivity contribution >= 4 is 6.21 Å². The first-order chi connectivity index (χ1) is 11.3. The first-order valence-corrected chi connectivity index (χ1v) is 10.2. The van der Waals surface area contributed by atoms with Crippen LogP contribution < -0.4 is 0 Å². The molecule has 4 fully saturated rings. The van der Waals surface area contributed by atoms with Crippen molar-refractivity contribution in [2.45, 2.75) is 84.2 Å². The highest BCUT2D eigenvalue weighted by molar-refractivity contribution is 5.62. The lowest BCUT2D eigenvalue weighted by Gasteiger charge is -2.61. The fourth-order valence-corrected chi connectivity index (χ4v) is 7.80. The molecule has 0 heterocycles. The highest BCUT2D eigenvalue weighted by Crippen LogP contribution is 2.67. The molecule has 4 rings (SSSR count). The molecule has 4 aliphatic rings. The fraction of sp³-hybridized carbons (Fsp3) is 0.952. The molecule has 0 saturated heterocycles. The molecule has 8 unspecified atom stereocenters. The lowest BCUT2D eigenvalue weighted by molar-refractivity contribution is -0.143. The summed E-state index contributed by atoms with van der Waals surface area (Å²) in [7, 11) is 0. The van der Waals surface area contributed by atoms with E-state index in [0.29, 0.717) is 22.7 Å². The molecule has 0 radical (unpaired) electrons. The lowest BCUT2D eigenvalue weighted by atomic mass is 9.44. The first kappa shape index (κ1) is 16.9. The van der Waals surface area contributed by atoms with E-state index < -0.39 is 5.60 Å². The summed E-state index contributed by atoms with van der Waals surface area (Å²) >= 11 is 0. The van der Waals surface area contributed by atoms with Gasteiger partial charge in [-0.05, 0) is 99.2 Å². The average Bonchev–Trinajstić information content (AvgIpc) is 2.85. The highest BCUT2D eigenvalue weighted by Gasteiger charge is 2.60. The van der Waals surface area contributed by atoms with Crippen LogP contribution in [0.3, 0.4) is 0 Å². The Morgan fingerprint density at radius 3 is 2.38 bits per heavy atom. The molecule has 0 spiro atoms. The molecule has 0 aromatic carbocycles. The van der Waals surface area contributed by atoms with Crippen molar-refractivity contribution in [1.82, 2.24) is 0 Å². The molecule has 3 heteroatoms. The number of hydrogen-bond donors (Lipinski definition) is 2. The molecule has 0 bridgehead atoms. The third kappa shape index (κ3) is 2.29. The van der Waals surface area contributed by atoms with Gasteiger partial charge in [0.1, 0.15) is 0 Å². The minimum Gasteiger partial charge on any atom is -0.411 e. The SMILES string of the molecule is CC1(O)CCC2(C)C(CCC3C4CCC(/C=N/O)C4(C)CCC32)C1. The second-order valence-corrected chi connectivity index (χ2v) is 10.4. The van der Waals surface area contributed by atoms with Crippen molar-refractivity contribution < 1.29 is 10.3 Å². The second kappa shape index (κ2) is 5.46. The predicted molar refractivity (Wildman–Crippen MR) is 96.1 cm³/mol. The smallest absolute Gasteiger partial charge is 0.0622 e. The van der Waals surface area contributed by atoms with E-state index in [0.717, 1.165) is 30.6 Å². The fourth-order valence-electron chi connectivity index (χ4n) is 7.80. The Kier molecular flexibility index (Phi) is 3.84. The molecule has 136 valence electrons. The zero-order valence-corrected chi connectivity index (χ0v) is 15.7. The van der Waals surface area contributed by atoms with Gasteiger partial charge >= 0.3 is 0 Å². The van der Waals surface area contributed by atoms with Gasteiger partial charge in [0.2, 0.25) is 0 Å². The van der Waals surface area contributed by atoms with E-state index in [9.17, 15) is 5.11 Å². The number of nitrogens with zero attached hydrogens (tertiary/aromatic N) is 1. The van der Waals surface area contributed by atoms with Gasteiger partial charge < -0.3 is 10.3 Å². The largest absolute Gasteiger partial charge is 0.411 e. The molecular formula is C21H35NO2. The van der Waals surface area contributed by atoms with Gasteiger partial charge in [0.25, 0.3) is 0 Å². The number of rotatable bonds is 1. The van der Waals surface area contributed by atoms with Gasteiger partial charge in [-0.15, -0.1) is 5.16 Å². The molecule has 3 nitrogen and oxygen atoms in total. The van der Waals surface area contributed by atoms with Gasteiger partial charge in [0, 0.05) is 12.1 Å². The number of aliphatic hydroxyl groups is 1. The zero-order valence-electron chi connectivity index (χ0n) is 15.7. The van der Waals surface area contributed by atoms with E-state index in [1.54, 1.807) is 0 Å². The van der Waals surface area contributed by atoms with E-state index in [2.05, 4.69) is 19.0 Å². The van der Waals surface area contributed by atoms with Crippen LogP contribution in [0, 0.1) is 40.4 Å². The van der Waals surface area contributed by atoms with Crippen LogP contribution in [0.2, 0.25) is 0 Å². The van der Waals surface area contributed by atoms with Gasteiger partial charge in [0.05, 0.1) is 5.60 Å².